The summed E-state index contributed by atoms with van der Waals surface area (Å²) in [5.41, 5.74) is 3.28. The molecule has 3 nitrogen and oxygen atoms in total. The van der Waals surface area contributed by atoms with Crippen LogP contribution in [0.4, 0.5) is 0 Å². The van der Waals surface area contributed by atoms with Crippen LogP contribution in [-0.4, -0.2) is 11.0 Å². The van der Waals surface area contributed by atoms with Crippen LogP contribution in [0, 0.1) is 6.92 Å². The number of nitrogens with one attached hydrogen (secondary N) is 1. The second-order valence-electron chi connectivity index (χ2n) is 4.70. The smallest absolute Gasteiger partial charge is 0.181 e. The second-order valence-corrected chi connectivity index (χ2v) is 5.55. The molecular weight excluding hydrogens is 292 g/mol. The van der Waals surface area contributed by atoms with Gasteiger partial charge < -0.3 is 9.73 Å². The molecule has 0 amide bonds. The van der Waals surface area contributed by atoms with Crippen molar-refractivity contribution in [1.82, 2.24) is 10.3 Å². The van der Waals surface area contributed by atoms with Gasteiger partial charge in [-0.05, 0) is 31.4 Å². The maximum atomic E-state index is 5.57. The first kappa shape index (κ1) is 11.9. The van der Waals surface area contributed by atoms with Crippen molar-refractivity contribution in [2.75, 3.05) is 0 Å². The Hall–Kier alpha value is -1.13. The third-order valence-corrected chi connectivity index (χ3v) is 4.15. The summed E-state index contributed by atoms with van der Waals surface area (Å²) in [6.45, 7) is 2.86. The van der Waals surface area contributed by atoms with E-state index in [2.05, 4.69) is 39.2 Å². The Morgan fingerprint density at radius 1 is 1.44 bits per heavy atom. The average Bonchev–Trinajstić information content (AvgIpc) is 3.08. The number of benzene rings is 1. The molecule has 1 N–H and O–H groups in total. The summed E-state index contributed by atoms with van der Waals surface area (Å²) in [6.07, 6.45) is 4.09. The highest BCUT2D eigenvalue weighted by atomic mass is 79.9. The molecule has 0 aliphatic heterocycles. The summed E-state index contributed by atoms with van der Waals surface area (Å²) >= 11 is 3.55. The van der Waals surface area contributed by atoms with Crippen LogP contribution < -0.4 is 5.32 Å². The summed E-state index contributed by atoms with van der Waals surface area (Å²) in [4.78, 5) is 4.32. The van der Waals surface area contributed by atoms with Crippen molar-refractivity contribution >= 4 is 15.9 Å². The van der Waals surface area contributed by atoms with Crippen LogP contribution in [0.3, 0.4) is 0 Å². The molecule has 1 aliphatic rings. The topological polar surface area (TPSA) is 38.1 Å². The highest BCUT2D eigenvalue weighted by Gasteiger charge is 2.22. The largest absolute Gasteiger partial charge is 0.443 e. The minimum Gasteiger partial charge on any atom is -0.443 e. The van der Waals surface area contributed by atoms with Gasteiger partial charge in [0.05, 0.1) is 0 Å². The summed E-state index contributed by atoms with van der Waals surface area (Å²) in [5, 5.41) is 3.47. The molecule has 0 saturated heterocycles. The maximum Gasteiger partial charge on any atom is 0.181 e. The van der Waals surface area contributed by atoms with E-state index in [0.717, 1.165) is 28.0 Å². The van der Waals surface area contributed by atoms with Crippen LogP contribution in [-0.2, 0) is 6.54 Å². The zero-order chi connectivity index (χ0) is 12.5. The molecular formula is C14H15BrN2O. The molecule has 1 aromatic heterocycles. The quantitative estimate of drug-likeness (QED) is 0.936. The number of rotatable bonds is 4. The minimum absolute atomic E-state index is 0.679. The Balaban J connectivity index is 1.90. The lowest BCUT2D eigenvalue weighted by atomic mass is 10.1. The standard InChI is InChI=1S/C14H15BrN2O/c1-9-11(3-2-4-12(9)15)14-13(17-8-18-14)7-16-10-5-6-10/h2-4,8,10,16H,5-7H2,1H3. The van der Waals surface area contributed by atoms with E-state index >= 15 is 0 Å². The Morgan fingerprint density at radius 3 is 3.06 bits per heavy atom. The van der Waals surface area contributed by atoms with Gasteiger partial charge in [-0.2, -0.15) is 0 Å². The van der Waals surface area contributed by atoms with Gasteiger partial charge in [-0.3, -0.25) is 0 Å². The maximum absolute atomic E-state index is 5.57. The van der Waals surface area contributed by atoms with Crippen LogP contribution in [0.5, 0.6) is 0 Å². The zero-order valence-electron chi connectivity index (χ0n) is 10.2. The zero-order valence-corrected chi connectivity index (χ0v) is 11.8. The van der Waals surface area contributed by atoms with E-state index in [1.54, 1.807) is 0 Å². The van der Waals surface area contributed by atoms with Crippen LogP contribution in [0.25, 0.3) is 11.3 Å². The van der Waals surface area contributed by atoms with Crippen LogP contribution >= 0.6 is 15.9 Å². The predicted octanol–water partition coefficient (Wildman–Crippen LogP) is 3.66. The lowest BCUT2D eigenvalue weighted by Crippen LogP contribution is -2.16. The Morgan fingerprint density at radius 2 is 2.28 bits per heavy atom. The molecule has 0 unspecified atom stereocenters. The Labute approximate surface area is 115 Å². The molecule has 94 valence electrons. The van der Waals surface area contributed by atoms with E-state index in [-0.39, 0.29) is 0 Å². The molecule has 0 atom stereocenters. The molecule has 18 heavy (non-hydrogen) atoms. The van der Waals surface area contributed by atoms with Gasteiger partial charge in [-0.15, -0.1) is 0 Å². The van der Waals surface area contributed by atoms with Crippen molar-refractivity contribution in [3.63, 3.8) is 0 Å². The fourth-order valence-corrected chi connectivity index (χ4v) is 2.36. The summed E-state index contributed by atoms with van der Waals surface area (Å²) < 4.78 is 6.66. The fourth-order valence-electron chi connectivity index (χ4n) is 2.00. The van der Waals surface area contributed by atoms with Gasteiger partial charge in [-0.25, -0.2) is 4.98 Å². The summed E-state index contributed by atoms with van der Waals surface area (Å²) in [5.74, 6) is 0.877. The van der Waals surface area contributed by atoms with Crippen molar-refractivity contribution in [1.29, 1.82) is 0 Å². The van der Waals surface area contributed by atoms with Crippen molar-refractivity contribution < 1.29 is 4.42 Å². The third-order valence-electron chi connectivity index (χ3n) is 3.29. The van der Waals surface area contributed by atoms with E-state index in [1.165, 1.54) is 24.8 Å². The number of oxazole rings is 1. The van der Waals surface area contributed by atoms with E-state index in [1.807, 2.05) is 12.1 Å². The van der Waals surface area contributed by atoms with Crippen molar-refractivity contribution in [3.05, 3.63) is 40.3 Å². The van der Waals surface area contributed by atoms with E-state index in [9.17, 15) is 0 Å². The normalized spacial score (nSPS) is 15.0. The Kier molecular flexibility index (Phi) is 3.22. The molecule has 0 spiro atoms. The van der Waals surface area contributed by atoms with E-state index in [4.69, 9.17) is 4.42 Å². The third kappa shape index (κ3) is 2.35. The van der Waals surface area contributed by atoms with Gasteiger partial charge in [-0.1, -0.05) is 28.1 Å². The first-order chi connectivity index (χ1) is 8.75. The molecule has 1 aliphatic carbocycles. The average molecular weight is 307 g/mol. The number of hydrogen-bond donors (Lipinski definition) is 1. The molecule has 3 rings (SSSR count). The first-order valence-electron chi connectivity index (χ1n) is 6.17. The predicted molar refractivity (Wildman–Crippen MR) is 74.2 cm³/mol. The fraction of sp³-hybridized carbons (Fsp3) is 0.357. The molecule has 1 heterocycles. The highest BCUT2D eigenvalue weighted by Crippen LogP contribution is 2.31. The van der Waals surface area contributed by atoms with Gasteiger partial charge in [0.25, 0.3) is 0 Å². The first-order valence-corrected chi connectivity index (χ1v) is 6.96. The molecule has 1 aromatic carbocycles. The van der Waals surface area contributed by atoms with Crippen LogP contribution in [0.15, 0.2) is 33.5 Å². The van der Waals surface area contributed by atoms with E-state index < -0.39 is 0 Å². The van der Waals surface area contributed by atoms with Gasteiger partial charge in [0, 0.05) is 22.6 Å². The highest BCUT2D eigenvalue weighted by molar-refractivity contribution is 9.10. The monoisotopic (exact) mass is 306 g/mol. The number of halogens is 1. The molecule has 2 aromatic rings. The van der Waals surface area contributed by atoms with Gasteiger partial charge in [0.2, 0.25) is 0 Å². The number of nitrogens with zero attached hydrogens (tertiary/aromatic N) is 1. The van der Waals surface area contributed by atoms with Crippen molar-refractivity contribution in [2.45, 2.75) is 32.4 Å². The van der Waals surface area contributed by atoms with E-state index in [0.29, 0.717) is 6.04 Å². The second kappa shape index (κ2) is 4.86. The van der Waals surface area contributed by atoms with Crippen molar-refractivity contribution in [2.24, 2.45) is 0 Å². The Bertz CT molecular complexity index is 561. The van der Waals surface area contributed by atoms with Crippen molar-refractivity contribution in [3.8, 4) is 11.3 Å². The summed E-state index contributed by atoms with van der Waals surface area (Å²) in [7, 11) is 0. The number of aromatic nitrogens is 1. The minimum atomic E-state index is 0.679. The number of hydrogen-bond acceptors (Lipinski definition) is 3. The van der Waals surface area contributed by atoms with Gasteiger partial charge in [0.1, 0.15) is 5.69 Å². The molecule has 4 heteroatoms. The van der Waals surface area contributed by atoms with Crippen LogP contribution in [0.1, 0.15) is 24.1 Å². The lowest BCUT2D eigenvalue weighted by Gasteiger charge is -2.07. The molecule has 0 radical (unpaired) electrons. The summed E-state index contributed by atoms with van der Waals surface area (Å²) in [6, 6.07) is 6.81. The SMILES string of the molecule is Cc1c(Br)cccc1-c1ocnc1CNC1CC1. The van der Waals surface area contributed by atoms with Gasteiger partial charge >= 0.3 is 0 Å². The van der Waals surface area contributed by atoms with Gasteiger partial charge in [0.15, 0.2) is 12.2 Å². The molecule has 1 saturated carbocycles. The lowest BCUT2D eigenvalue weighted by molar-refractivity contribution is 0.569. The van der Waals surface area contributed by atoms with Crippen LogP contribution in [0.2, 0.25) is 0 Å². The molecule has 1 fully saturated rings. The molecule has 0 bridgehead atoms.